The summed E-state index contributed by atoms with van der Waals surface area (Å²) in [6, 6.07) is 7.62. The highest BCUT2D eigenvalue weighted by Gasteiger charge is 2.26. The van der Waals surface area contributed by atoms with Gasteiger partial charge in [0, 0.05) is 35.3 Å². The van der Waals surface area contributed by atoms with Crippen molar-refractivity contribution in [3.63, 3.8) is 0 Å². The van der Waals surface area contributed by atoms with E-state index in [4.69, 9.17) is 21.6 Å². The van der Waals surface area contributed by atoms with Gasteiger partial charge in [-0.2, -0.15) is 15.1 Å². The number of aryl methyl sites for hydroxylation is 1. The van der Waals surface area contributed by atoms with Crippen molar-refractivity contribution in [2.24, 2.45) is 18.9 Å². The van der Waals surface area contributed by atoms with Crippen LogP contribution in [0.5, 0.6) is 0 Å². The van der Waals surface area contributed by atoms with Crippen LogP contribution in [-0.4, -0.2) is 37.3 Å². The number of hydrogen-bond acceptors (Lipinski definition) is 5. The van der Waals surface area contributed by atoms with E-state index in [-0.39, 0.29) is 0 Å². The minimum atomic E-state index is 0.636. The van der Waals surface area contributed by atoms with Gasteiger partial charge in [0.25, 0.3) is 0 Å². The third-order valence-corrected chi connectivity index (χ3v) is 6.43. The van der Waals surface area contributed by atoms with Crippen molar-refractivity contribution in [3.8, 4) is 0 Å². The standard InChI is InChI=1S/C19H22ClIN6/c1-12-7-13(8-21)11-27(10-12)19-24-17(16-9-22-26(2)18(16)25-19)23-15-5-3-14(20)4-6-15/h3-6,9,12-13H,7-8,10-11H2,1-2H3,(H,23,24,25). The molecule has 3 aromatic rings. The zero-order chi connectivity index (χ0) is 19.0. The first-order valence-corrected chi connectivity index (χ1v) is 11.0. The summed E-state index contributed by atoms with van der Waals surface area (Å²) >= 11 is 8.49. The van der Waals surface area contributed by atoms with E-state index in [1.54, 1.807) is 4.68 Å². The molecule has 0 radical (unpaired) electrons. The molecule has 142 valence electrons. The van der Waals surface area contributed by atoms with Crippen LogP contribution < -0.4 is 10.2 Å². The molecule has 0 spiro atoms. The quantitative estimate of drug-likeness (QED) is 0.421. The molecule has 27 heavy (non-hydrogen) atoms. The molecule has 1 fully saturated rings. The smallest absolute Gasteiger partial charge is 0.229 e. The van der Waals surface area contributed by atoms with E-state index in [0.717, 1.165) is 46.0 Å². The van der Waals surface area contributed by atoms with E-state index in [1.807, 2.05) is 37.5 Å². The fraction of sp³-hybridized carbons (Fsp3) is 0.421. The van der Waals surface area contributed by atoms with Crippen molar-refractivity contribution in [1.82, 2.24) is 19.7 Å². The molecule has 2 unspecified atom stereocenters. The zero-order valence-electron chi connectivity index (χ0n) is 15.4. The highest BCUT2D eigenvalue weighted by atomic mass is 127. The predicted octanol–water partition coefficient (Wildman–Crippen LogP) is 4.66. The normalized spacial score (nSPS) is 20.2. The Morgan fingerprint density at radius 3 is 2.74 bits per heavy atom. The molecule has 1 N–H and O–H groups in total. The van der Waals surface area contributed by atoms with Crippen LogP contribution in [0, 0.1) is 11.8 Å². The van der Waals surface area contributed by atoms with Gasteiger partial charge in [-0.3, -0.25) is 4.68 Å². The van der Waals surface area contributed by atoms with Crippen LogP contribution in [0.15, 0.2) is 30.5 Å². The molecule has 0 aliphatic carbocycles. The van der Waals surface area contributed by atoms with Gasteiger partial charge in [0.05, 0.1) is 11.6 Å². The zero-order valence-corrected chi connectivity index (χ0v) is 18.3. The Labute approximate surface area is 177 Å². The monoisotopic (exact) mass is 496 g/mol. The van der Waals surface area contributed by atoms with Crippen LogP contribution >= 0.6 is 34.2 Å². The number of halogens is 2. The second-order valence-electron chi connectivity index (χ2n) is 7.28. The van der Waals surface area contributed by atoms with E-state index in [9.17, 15) is 0 Å². The number of nitrogens with one attached hydrogen (secondary N) is 1. The summed E-state index contributed by atoms with van der Waals surface area (Å²) in [5.41, 5.74) is 1.77. The summed E-state index contributed by atoms with van der Waals surface area (Å²) in [6.45, 7) is 4.29. The molecule has 1 saturated heterocycles. The first-order chi connectivity index (χ1) is 13.0. The maximum atomic E-state index is 6.01. The SMILES string of the molecule is CC1CC(CI)CN(c2nc(Nc3ccc(Cl)cc3)c3cnn(C)c3n2)C1. The second-order valence-corrected chi connectivity index (χ2v) is 8.59. The number of piperidine rings is 1. The fourth-order valence-electron chi connectivity index (χ4n) is 3.67. The van der Waals surface area contributed by atoms with Crippen LogP contribution in [0.25, 0.3) is 11.0 Å². The van der Waals surface area contributed by atoms with Crippen molar-refractivity contribution in [2.75, 3.05) is 27.7 Å². The van der Waals surface area contributed by atoms with Gasteiger partial charge in [0.2, 0.25) is 5.95 Å². The summed E-state index contributed by atoms with van der Waals surface area (Å²) in [6.07, 6.45) is 3.08. The highest BCUT2D eigenvalue weighted by Crippen LogP contribution is 2.30. The first-order valence-electron chi connectivity index (χ1n) is 9.06. The van der Waals surface area contributed by atoms with Crippen LogP contribution in [0.4, 0.5) is 17.5 Å². The first kappa shape index (κ1) is 18.7. The molecular weight excluding hydrogens is 475 g/mol. The Hall–Kier alpha value is -1.61. The molecule has 8 heteroatoms. The number of anilines is 3. The topological polar surface area (TPSA) is 58.9 Å². The van der Waals surface area contributed by atoms with Crippen LogP contribution in [0.1, 0.15) is 13.3 Å². The number of benzene rings is 1. The Morgan fingerprint density at radius 2 is 2.00 bits per heavy atom. The third-order valence-electron chi connectivity index (χ3n) is 4.93. The van der Waals surface area contributed by atoms with Crippen molar-refractivity contribution >= 4 is 62.7 Å². The molecule has 4 rings (SSSR count). The molecule has 1 aliphatic rings. The van der Waals surface area contributed by atoms with Gasteiger partial charge in [-0.1, -0.05) is 41.1 Å². The molecule has 0 saturated carbocycles. The molecule has 1 aromatic carbocycles. The van der Waals surface area contributed by atoms with Gasteiger partial charge < -0.3 is 10.2 Å². The minimum Gasteiger partial charge on any atom is -0.340 e. The average Bonchev–Trinajstić information content (AvgIpc) is 3.04. The molecule has 2 aromatic heterocycles. The predicted molar refractivity (Wildman–Crippen MR) is 119 cm³/mol. The van der Waals surface area contributed by atoms with E-state index < -0.39 is 0 Å². The molecule has 0 bridgehead atoms. The lowest BCUT2D eigenvalue weighted by Gasteiger charge is -2.36. The Morgan fingerprint density at radius 1 is 1.22 bits per heavy atom. The van der Waals surface area contributed by atoms with Crippen LogP contribution in [-0.2, 0) is 7.05 Å². The maximum absolute atomic E-state index is 6.01. The van der Waals surface area contributed by atoms with Gasteiger partial charge in [-0.15, -0.1) is 0 Å². The van der Waals surface area contributed by atoms with Gasteiger partial charge in [0.15, 0.2) is 5.65 Å². The fourth-order valence-corrected chi connectivity index (χ4v) is 4.44. The summed E-state index contributed by atoms with van der Waals surface area (Å²) in [7, 11) is 1.91. The second kappa shape index (κ2) is 7.79. The summed E-state index contributed by atoms with van der Waals surface area (Å²) in [5, 5.41) is 9.41. The number of aromatic nitrogens is 4. The van der Waals surface area contributed by atoms with Gasteiger partial charge in [0.1, 0.15) is 5.82 Å². The lowest BCUT2D eigenvalue weighted by Crippen LogP contribution is -2.41. The van der Waals surface area contributed by atoms with Crippen LogP contribution in [0.3, 0.4) is 0 Å². The van der Waals surface area contributed by atoms with Crippen molar-refractivity contribution in [1.29, 1.82) is 0 Å². The maximum Gasteiger partial charge on any atom is 0.229 e. The van der Waals surface area contributed by atoms with Gasteiger partial charge in [-0.05, 0) is 42.5 Å². The lowest BCUT2D eigenvalue weighted by atomic mass is 9.92. The summed E-state index contributed by atoms with van der Waals surface area (Å²) < 4.78 is 2.96. The van der Waals surface area contributed by atoms with Crippen molar-refractivity contribution < 1.29 is 0 Å². The number of fused-ring (bicyclic) bond motifs is 1. The van der Waals surface area contributed by atoms with E-state index in [1.165, 1.54) is 6.42 Å². The average molecular weight is 497 g/mol. The van der Waals surface area contributed by atoms with Crippen molar-refractivity contribution in [3.05, 3.63) is 35.5 Å². The molecule has 6 nitrogen and oxygen atoms in total. The molecular formula is C19H22ClIN6. The van der Waals surface area contributed by atoms with E-state index in [0.29, 0.717) is 16.9 Å². The molecule has 2 atom stereocenters. The minimum absolute atomic E-state index is 0.636. The van der Waals surface area contributed by atoms with Gasteiger partial charge >= 0.3 is 0 Å². The number of nitrogens with zero attached hydrogens (tertiary/aromatic N) is 5. The van der Waals surface area contributed by atoms with E-state index in [2.05, 4.69) is 44.8 Å². The number of alkyl halides is 1. The lowest BCUT2D eigenvalue weighted by molar-refractivity contribution is 0.361. The number of rotatable bonds is 4. The molecule has 0 amide bonds. The third kappa shape index (κ3) is 3.99. The Kier molecular flexibility index (Phi) is 5.41. The van der Waals surface area contributed by atoms with E-state index >= 15 is 0 Å². The molecule has 1 aliphatic heterocycles. The van der Waals surface area contributed by atoms with Crippen molar-refractivity contribution in [2.45, 2.75) is 13.3 Å². The molecule has 3 heterocycles. The number of hydrogen-bond donors (Lipinski definition) is 1. The van der Waals surface area contributed by atoms with Gasteiger partial charge in [-0.25, -0.2) is 0 Å². The Bertz CT molecular complexity index is 941. The highest BCUT2D eigenvalue weighted by molar-refractivity contribution is 14.1. The van der Waals surface area contributed by atoms with Crippen LogP contribution in [0.2, 0.25) is 5.02 Å². The summed E-state index contributed by atoms with van der Waals surface area (Å²) in [4.78, 5) is 12.0. The summed E-state index contributed by atoms with van der Waals surface area (Å²) in [5.74, 6) is 2.85. The Balaban J connectivity index is 1.73. The largest absolute Gasteiger partial charge is 0.340 e.